The summed E-state index contributed by atoms with van der Waals surface area (Å²) in [5.74, 6) is 0.00219. The fourth-order valence-electron chi connectivity index (χ4n) is 2.26. The first-order chi connectivity index (χ1) is 10.1. The second-order valence-electron chi connectivity index (χ2n) is 4.85. The Hall–Kier alpha value is -2.33. The number of halogens is 2. The van der Waals surface area contributed by atoms with Gasteiger partial charge < -0.3 is 5.73 Å². The summed E-state index contributed by atoms with van der Waals surface area (Å²) in [7, 11) is 0. The largest absolute Gasteiger partial charge is 0.382 e. The van der Waals surface area contributed by atoms with Crippen LogP contribution in [0.2, 0.25) is 5.02 Å². The number of aryl methyl sites for hydroxylation is 1. The average molecular weight is 302 g/mol. The highest BCUT2D eigenvalue weighted by atomic mass is 35.5. The topological polar surface area (TPSA) is 54.7 Å². The molecule has 0 unspecified atom stereocenters. The number of hydrogen-bond donors (Lipinski definition) is 2. The Labute approximate surface area is 126 Å². The van der Waals surface area contributed by atoms with Gasteiger partial charge in [-0.2, -0.15) is 5.10 Å². The third kappa shape index (κ3) is 2.50. The predicted molar refractivity (Wildman–Crippen MR) is 83.6 cm³/mol. The maximum atomic E-state index is 13.2. The smallest absolute Gasteiger partial charge is 0.153 e. The standard InChI is InChI=1S/C16H13ClFN3/c1-9-2-4-10(5-3-9)14-15(20-21-16(14)19)12-7-6-11(18)8-13(12)17/h2-8H,1H3,(H3,19,20,21). The minimum atomic E-state index is -0.381. The number of nitrogen functional groups attached to an aromatic ring is 1. The average Bonchev–Trinajstić information content (AvgIpc) is 2.82. The van der Waals surface area contributed by atoms with Crippen molar-refractivity contribution in [2.24, 2.45) is 0 Å². The van der Waals surface area contributed by atoms with Crippen LogP contribution >= 0.6 is 11.6 Å². The van der Waals surface area contributed by atoms with Crippen molar-refractivity contribution in [3.05, 3.63) is 58.9 Å². The fraction of sp³-hybridized carbons (Fsp3) is 0.0625. The van der Waals surface area contributed by atoms with E-state index in [2.05, 4.69) is 10.2 Å². The van der Waals surface area contributed by atoms with Crippen molar-refractivity contribution in [2.75, 3.05) is 5.73 Å². The zero-order valence-electron chi connectivity index (χ0n) is 11.3. The molecular weight excluding hydrogens is 289 g/mol. The number of nitrogens with zero attached hydrogens (tertiary/aromatic N) is 1. The van der Waals surface area contributed by atoms with Gasteiger partial charge in [0, 0.05) is 5.56 Å². The molecule has 3 N–H and O–H groups in total. The lowest BCUT2D eigenvalue weighted by Crippen LogP contribution is -1.89. The Kier molecular flexibility index (Phi) is 3.39. The Morgan fingerprint density at radius 1 is 1.14 bits per heavy atom. The van der Waals surface area contributed by atoms with E-state index in [1.165, 1.54) is 12.1 Å². The zero-order valence-corrected chi connectivity index (χ0v) is 12.1. The number of nitrogens with one attached hydrogen (secondary N) is 1. The third-order valence-electron chi connectivity index (χ3n) is 3.34. The van der Waals surface area contributed by atoms with Crippen LogP contribution in [0.4, 0.5) is 10.2 Å². The SMILES string of the molecule is Cc1ccc(-c2c(N)n[nH]c2-c2ccc(F)cc2Cl)cc1. The van der Waals surface area contributed by atoms with Crippen LogP contribution in [0, 0.1) is 12.7 Å². The van der Waals surface area contributed by atoms with Crippen LogP contribution in [0.15, 0.2) is 42.5 Å². The van der Waals surface area contributed by atoms with E-state index in [9.17, 15) is 4.39 Å². The molecule has 1 heterocycles. The summed E-state index contributed by atoms with van der Waals surface area (Å²) in [6.07, 6.45) is 0. The van der Waals surface area contributed by atoms with E-state index in [1.54, 1.807) is 6.07 Å². The quantitative estimate of drug-likeness (QED) is 0.736. The summed E-state index contributed by atoms with van der Waals surface area (Å²) in [5.41, 5.74) is 10.2. The summed E-state index contributed by atoms with van der Waals surface area (Å²) in [6.45, 7) is 2.01. The lowest BCUT2D eigenvalue weighted by atomic mass is 10.00. The van der Waals surface area contributed by atoms with Crippen molar-refractivity contribution in [1.29, 1.82) is 0 Å². The predicted octanol–water partition coefficient (Wildman–Crippen LogP) is 4.43. The number of aromatic amines is 1. The molecule has 0 atom stereocenters. The summed E-state index contributed by atoms with van der Waals surface area (Å²) in [4.78, 5) is 0. The minimum Gasteiger partial charge on any atom is -0.382 e. The van der Waals surface area contributed by atoms with Crippen LogP contribution in [-0.2, 0) is 0 Å². The molecule has 0 radical (unpaired) electrons. The second kappa shape index (κ2) is 5.22. The number of aromatic nitrogens is 2. The van der Waals surface area contributed by atoms with Crippen molar-refractivity contribution in [1.82, 2.24) is 10.2 Å². The zero-order chi connectivity index (χ0) is 15.0. The van der Waals surface area contributed by atoms with Gasteiger partial charge in [0.05, 0.1) is 16.3 Å². The molecule has 0 bridgehead atoms. The van der Waals surface area contributed by atoms with E-state index in [1.807, 2.05) is 31.2 Å². The van der Waals surface area contributed by atoms with Crippen molar-refractivity contribution in [3.8, 4) is 22.4 Å². The van der Waals surface area contributed by atoms with E-state index < -0.39 is 0 Å². The first kappa shape index (κ1) is 13.6. The van der Waals surface area contributed by atoms with E-state index in [4.69, 9.17) is 17.3 Å². The highest BCUT2D eigenvalue weighted by Crippen LogP contribution is 2.37. The number of anilines is 1. The van der Waals surface area contributed by atoms with Gasteiger partial charge in [-0.3, -0.25) is 5.10 Å². The number of benzene rings is 2. The first-order valence-corrected chi connectivity index (χ1v) is 6.80. The van der Waals surface area contributed by atoms with Crippen molar-refractivity contribution >= 4 is 17.4 Å². The van der Waals surface area contributed by atoms with Gasteiger partial charge >= 0.3 is 0 Å². The van der Waals surface area contributed by atoms with Gasteiger partial charge in [-0.05, 0) is 30.7 Å². The van der Waals surface area contributed by atoms with Crippen LogP contribution < -0.4 is 5.73 Å². The first-order valence-electron chi connectivity index (χ1n) is 6.42. The molecule has 3 rings (SSSR count). The van der Waals surface area contributed by atoms with Gasteiger partial charge in [0.15, 0.2) is 5.82 Å². The molecular formula is C16H13ClFN3. The van der Waals surface area contributed by atoms with Gasteiger partial charge in [-0.1, -0.05) is 41.4 Å². The van der Waals surface area contributed by atoms with Crippen LogP contribution in [0.25, 0.3) is 22.4 Å². The molecule has 5 heteroatoms. The second-order valence-corrected chi connectivity index (χ2v) is 5.26. The summed E-state index contributed by atoms with van der Waals surface area (Å²) >= 11 is 6.13. The fourth-order valence-corrected chi connectivity index (χ4v) is 2.52. The molecule has 0 spiro atoms. The van der Waals surface area contributed by atoms with Gasteiger partial charge in [0.2, 0.25) is 0 Å². The molecule has 1 aromatic heterocycles. The normalized spacial score (nSPS) is 10.8. The number of rotatable bonds is 2. The lowest BCUT2D eigenvalue weighted by Gasteiger charge is -2.07. The van der Waals surface area contributed by atoms with E-state index in [-0.39, 0.29) is 5.82 Å². The molecule has 0 saturated carbocycles. The Morgan fingerprint density at radius 2 is 1.86 bits per heavy atom. The number of hydrogen-bond acceptors (Lipinski definition) is 2. The number of nitrogens with two attached hydrogens (primary N) is 1. The molecule has 21 heavy (non-hydrogen) atoms. The van der Waals surface area contributed by atoms with Crippen LogP contribution in [0.3, 0.4) is 0 Å². The summed E-state index contributed by atoms with van der Waals surface area (Å²) < 4.78 is 13.2. The molecule has 106 valence electrons. The molecule has 0 aliphatic rings. The summed E-state index contributed by atoms with van der Waals surface area (Å²) in [6, 6.07) is 12.2. The van der Waals surface area contributed by atoms with Gasteiger partial charge in [-0.25, -0.2) is 4.39 Å². The van der Waals surface area contributed by atoms with Crippen molar-refractivity contribution < 1.29 is 4.39 Å². The molecule has 0 aliphatic heterocycles. The monoisotopic (exact) mass is 301 g/mol. The molecule has 0 aliphatic carbocycles. The highest BCUT2D eigenvalue weighted by Gasteiger charge is 2.17. The lowest BCUT2D eigenvalue weighted by molar-refractivity contribution is 0.628. The van der Waals surface area contributed by atoms with Crippen molar-refractivity contribution in [2.45, 2.75) is 6.92 Å². The van der Waals surface area contributed by atoms with Crippen LogP contribution in [0.1, 0.15) is 5.56 Å². The van der Waals surface area contributed by atoms with E-state index in [0.717, 1.165) is 16.7 Å². The number of H-pyrrole nitrogens is 1. The molecule has 0 saturated heterocycles. The van der Waals surface area contributed by atoms with E-state index in [0.29, 0.717) is 22.1 Å². The van der Waals surface area contributed by atoms with Gasteiger partial charge in [0.1, 0.15) is 5.82 Å². The molecule has 2 aromatic carbocycles. The minimum absolute atomic E-state index is 0.312. The van der Waals surface area contributed by atoms with E-state index >= 15 is 0 Å². The summed E-state index contributed by atoms with van der Waals surface area (Å²) in [5, 5.41) is 7.25. The van der Waals surface area contributed by atoms with Crippen molar-refractivity contribution in [3.63, 3.8) is 0 Å². The molecule has 0 fully saturated rings. The highest BCUT2D eigenvalue weighted by molar-refractivity contribution is 6.33. The third-order valence-corrected chi connectivity index (χ3v) is 3.65. The molecule has 3 nitrogen and oxygen atoms in total. The van der Waals surface area contributed by atoms with Crippen LogP contribution in [0.5, 0.6) is 0 Å². The van der Waals surface area contributed by atoms with Gasteiger partial charge in [-0.15, -0.1) is 0 Å². The molecule has 0 amide bonds. The Bertz CT molecular complexity index is 794. The maximum absolute atomic E-state index is 13.2. The Balaban J connectivity index is 2.19. The van der Waals surface area contributed by atoms with Crippen LogP contribution in [-0.4, -0.2) is 10.2 Å². The molecule has 3 aromatic rings. The van der Waals surface area contributed by atoms with Gasteiger partial charge in [0.25, 0.3) is 0 Å². The maximum Gasteiger partial charge on any atom is 0.153 e. The Morgan fingerprint density at radius 3 is 2.52 bits per heavy atom.